The molecule has 0 saturated carbocycles. The molecule has 222 valence electrons. The maximum Gasteiger partial charge on any atom is 0.263 e. The SMILES string of the molecule is Cn1cc(S(=O)(=O)c2ccncc2)nc1-c1cc2cnc(Nc3ccc(C4CCNC4)cc3)nc2n(Cc2nccs2)c1=O. The molecule has 2 N–H and O–H groups in total. The van der Waals surface area contributed by atoms with Crippen LogP contribution in [0.1, 0.15) is 22.9 Å². The summed E-state index contributed by atoms with van der Waals surface area (Å²) < 4.78 is 29.6. The number of aromatic nitrogens is 7. The third-order valence-corrected chi connectivity index (χ3v) is 10.0. The van der Waals surface area contributed by atoms with Crippen LogP contribution in [-0.4, -0.2) is 55.6 Å². The van der Waals surface area contributed by atoms with Crippen molar-refractivity contribution in [3.8, 4) is 11.4 Å². The summed E-state index contributed by atoms with van der Waals surface area (Å²) in [7, 11) is -2.27. The van der Waals surface area contributed by atoms with Crippen LogP contribution in [0.3, 0.4) is 0 Å². The number of aryl methyl sites for hydroxylation is 1. The van der Waals surface area contributed by atoms with Crippen molar-refractivity contribution in [3.05, 3.63) is 99.8 Å². The van der Waals surface area contributed by atoms with Crippen molar-refractivity contribution in [3.63, 3.8) is 0 Å². The van der Waals surface area contributed by atoms with Crippen LogP contribution in [0, 0.1) is 0 Å². The largest absolute Gasteiger partial charge is 0.332 e. The molecule has 6 heterocycles. The van der Waals surface area contributed by atoms with Gasteiger partial charge in [0.1, 0.15) is 16.5 Å². The molecule has 7 rings (SSSR count). The Morgan fingerprint density at radius 3 is 2.61 bits per heavy atom. The summed E-state index contributed by atoms with van der Waals surface area (Å²) in [5, 5.41) is 9.64. The fourth-order valence-electron chi connectivity index (χ4n) is 5.36. The van der Waals surface area contributed by atoms with Crippen LogP contribution in [0.25, 0.3) is 22.4 Å². The van der Waals surface area contributed by atoms with E-state index < -0.39 is 9.84 Å². The second kappa shape index (κ2) is 11.4. The number of hydrogen-bond donors (Lipinski definition) is 2. The van der Waals surface area contributed by atoms with E-state index in [1.807, 2.05) is 17.5 Å². The minimum absolute atomic E-state index is 0.0652. The molecule has 14 heteroatoms. The second-order valence-corrected chi connectivity index (χ2v) is 13.4. The van der Waals surface area contributed by atoms with Crippen LogP contribution >= 0.6 is 11.3 Å². The second-order valence-electron chi connectivity index (χ2n) is 10.5. The van der Waals surface area contributed by atoms with Crippen molar-refractivity contribution in [2.24, 2.45) is 7.05 Å². The molecule has 1 aromatic carbocycles. The van der Waals surface area contributed by atoms with Crippen molar-refractivity contribution in [2.75, 3.05) is 18.4 Å². The summed E-state index contributed by atoms with van der Waals surface area (Å²) in [5.74, 6) is 1.06. The topological polar surface area (TPSA) is 150 Å². The molecule has 0 bridgehead atoms. The Morgan fingerprint density at radius 2 is 1.89 bits per heavy atom. The van der Waals surface area contributed by atoms with Crippen LogP contribution < -0.4 is 16.2 Å². The van der Waals surface area contributed by atoms with Gasteiger partial charge in [0.25, 0.3) is 5.56 Å². The number of benzene rings is 1. The van der Waals surface area contributed by atoms with Gasteiger partial charge in [-0.2, -0.15) is 4.98 Å². The fraction of sp³-hybridized carbons (Fsp3) is 0.200. The number of thiazole rings is 1. The van der Waals surface area contributed by atoms with Crippen molar-refractivity contribution < 1.29 is 8.42 Å². The molecule has 12 nitrogen and oxygen atoms in total. The molecule has 0 spiro atoms. The van der Waals surface area contributed by atoms with Crippen LogP contribution in [0.4, 0.5) is 11.6 Å². The molecule has 1 atom stereocenters. The Labute approximate surface area is 256 Å². The maximum atomic E-state index is 14.1. The Bertz CT molecular complexity index is 2120. The van der Waals surface area contributed by atoms with E-state index in [2.05, 4.69) is 42.7 Å². The summed E-state index contributed by atoms with van der Waals surface area (Å²) in [6, 6.07) is 12.7. The van der Waals surface area contributed by atoms with E-state index in [0.29, 0.717) is 22.9 Å². The lowest BCUT2D eigenvalue weighted by atomic mass is 9.98. The first-order valence-electron chi connectivity index (χ1n) is 13.9. The summed E-state index contributed by atoms with van der Waals surface area (Å²) in [4.78, 5) is 36.1. The Kier molecular flexibility index (Phi) is 7.24. The quantitative estimate of drug-likeness (QED) is 0.256. The van der Waals surface area contributed by atoms with Crippen LogP contribution in [0.2, 0.25) is 0 Å². The third-order valence-electron chi connectivity index (χ3n) is 7.63. The molecule has 1 aliphatic rings. The zero-order valence-electron chi connectivity index (χ0n) is 23.6. The number of nitrogens with one attached hydrogen (secondary N) is 2. The molecule has 1 aliphatic heterocycles. The lowest BCUT2D eigenvalue weighted by molar-refractivity contribution is 0.592. The highest BCUT2D eigenvalue weighted by molar-refractivity contribution is 7.91. The van der Waals surface area contributed by atoms with E-state index in [-0.39, 0.29) is 33.4 Å². The lowest BCUT2D eigenvalue weighted by Crippen LogP contribution is -2.24. The van der Waals surface area contributed by atoms with Crippen LogP contribution in [-0.2, 0) is 23.4 Å². The van der Waals surface area contributed by atoms with Gasteiger partial charge in [-0.3, -0.25) is 14.3 Å². The summed E-state index contributed by atoms with van der Waals surface area (Å²) in [5.41, 5.74) is 2.37. The van der Waals surface area contributed by atoms with E-state index >= 15 is 0 Å². The first kappa shape index (κ1) is 28.0. The zero-order chi connectivity index (χ0) is 30.3. The fourth-order valence-corrected chi connectivity index (χ4v) is 7.19. The number of nitrogens with zero attached hydrogens (tertiary/aromatic N) is 7. The molecule has 6 aromatic rings. The molecule has 0 aliphatic carbocycles. The van der Waals surface area contributed by atoms with Gasteiger partial charge in [-0.25, -0.2) is 23.4 Å². The van der Waals surface area contributed by atoms with Gasteiger partial charge in [0, 0.05) is 61.0 Å². The van der Waals surface area contributed by atoms with Gasteiger partial charge in [-0.05, 0) is 54.8 Å². The molecule has 1 saturated heterocycles. The zero-order valence-corrected chi connectivity index (χ0v) is 25.2. The molecule has 1 fully saturated rings. The third kappa shape index (κ3) is 5.27. The van der Waals surface area contributed by atoms with Gasteiger partial charge in [0.2, 0.25) is 15.8 Å². The maximum absolute atomic E-state index is 14.1. The van der Waals surface area contributed by atoms with Crippen molar-refractivity contribution in [2.45, 2.75) is 28.8 Å². The number of fused-ring (bicyclic) bond motifs is 1. The van der Waals surface area contributed by atoms with Gasteiger partial charge in [0.05, 0.1) is 17.0 Å². The molecule has 44 heavy (non-hydrogen) atoms. The number of sulfone groups is 1. The van der Waals surface area contributed by atoms with Crippen molar-refractivity contribution >= 4 is 43.8 Å². The van der Waals surface area contributed by atoms with Gasteiger partial charge >= 0.3 is 0 Å². The van der Waals surface area contributed by atoms with Crippen LogP contribution in [0.5, 0.6) is 0 Å². The Hall–Kier alpha value is -4.79. The molecule has 1 unspecified atom stereocenters. The molecule has 0 amide bonds. The standard InChI is InChI=1S/C30H27N9O3S2/c1-38-18-26(44(41,42)23-7-10-31-11-8-23)36-28(38)24-14-21-16-34-30(35-22-4-2-19(3-5-22)20-6-9-32-15-20)37-27(21)39(29(24)40)17-25-33-12-13-43-25/h2-5,7-8,10-14,16,18,20,32H,6,9,15,17H2,1H3,(H,34,35,37). The van der Waals surface area contributed by atoms with Gasteiger partial charge in [0.15, 0.2) is 5.03 Å². The first-order valence-corrected chi connectivity index (χ1v) is 16.3. The van der Waals surface area contributed by atoms with Crippen molar-refractivity contribution in [1.82, 2.24) is 39.4 Å². The molecular formula is C30H27N9O3S2. The van der Waals surface area contributed by atoms with E-state index in [1.165, 1.54) is 56.8 Å². The molecular weight excluding hydrogens is 599 g/mol. The van der Waals surface area contributed by atoms with Crippen LogP contribution in [0.15, 0.2) is 93.5 Å². The van der Waals surface area contributed by atoms with Gasteiger partial charge in [-0.15, -0.1) is 11.3 Å². The van der Waals surface area contributed by atoms with E-state index in [4.69, 9.17) is 4.98 Å². The average molecular weight is 626 g/mol. The highest BCUT2D eigenvalue weighted by Crippen LogP contribution is 2.27. The number of pyridine rings is 2. The van der Waals surface area contributed by atoms with Gasteiger partial charge in [-0.1, -0.05) is 12.1 Å². The lowest BCUT2D eigenvalue weighted by Gasteiger charge is -2.13. The van der Waals surface area contributed by atoms with E-state index in [1.54, 1.807) is 25.5 Å². The molecule has 5 aromatic heterocycles. The van der Waals surface area contributed by atoms with Crippen molar-refractivity contribution in [1.29, 1.82) is 0 Å². The number of hydrogen-bond acceptors (Lipinski definition) is 11. The predicted octanol–water partition coefficient (Wildman–Crippen LogP) is 3.75. The Morgan fingerprint density at radius 1 is 1.07 bits per heavy atom. The number of imidazole rings is 1. The average Bonchev–Trinajstić information content (AvgIpc) is 3.83. The minimum atomic E-state index is -3.92. The minimum Gasteiger partial charge on any atom is -0.332 e. The van der Waals surface area contributed by atoms with Gasteiger partial charge < -0.3 is 15.2 Å². The Balaban J connectivity index is 1.28. The summed E-state index contributed by atoms with van der Waals surface area (Å²) >= 11 is 1.42. The highest BCUT2D eigenvalue weighted by atomic mass is 32.2. The number of rotatable bonds is 8. The first-order chi connectivity index (χ1) is 21.4. The van der Waals surface area contributed by atoms with E-state index in [0.717, 1.165) is 30.2 Å². The van der Waals surface area contributed by atoms with E-state index in [9.17, 15) is 13.2 Å². The number of anilines is 2. The monoisotopic (exact) mass is 625 g/mol. The smallest absolute Gasteiger partial charge is 0.263 e. The summed E-state index contributed by atoms with van der Waals surface area (Å²) in [6.45, 7) is 2.19. The molecule has 0 radical (unpaired) electrons. The predicted molar refractivity (Wildman–Crippen MR) is 167 cm³/mol. The highest BCUT2D eigenvalue weighted by Gasteiger charge is 2.25. The normalized spacial score (nSPS) is 15.2. The summed E-state index contributed by atoms with van der Waals surface area (Å²) in [6.07, 6.45) is 8.66.